The normalized spacial score (nSPS) is 18.2. The zero-order valence-corrected chi connectivity index (χ0v) is 15.1. The van der Waals surface area contributed by atoms with Crippen LogP contribution in [0.4, 0.5) is 0 Å². The Morgan fingerprint density at radius 2 is 2.04 bits per heavy atom. The van der Waals surface area contributed by atoms with Crippen LogP contribution in [-0.2, 0) is 4.79 Å². The van der Waals surface area contributed by atoms with E-state index in [1.165, 1.54) is 0 Å². The van der Waals surface area contributed by atoms with Gasteiger partial charge < -0.3 is 9.88 Å². The molecule has 3 rings (SSSR count). The van der Waals surface area contributed by atoms with Crippen LogP contribution in [0.2, 0.25) is 0 Å². The lowest BCUT2D eigenvalue weighted by Crippen LogP contribution is -2.37. The smallest absolute Gasteiger partial charge is 0.227 e. The average molecular weight is 327 g/mol. The minimum atomic E-state index is -0.348. The number of likely N-dealkylation sites (tertiary alicyclic amines) is 1. The van der Waals surface area contributed by atoms with E-state index in [-0.39, 0.29) is 17.2 Å². The third kappa shape index (κ3) is 3.32. The molecule has 0 radical (unpaired) electrons. The van der Waals surface area contributed by atoms with Gasteiger partial charge in [0.15, 0.2) is 5.82 Å². The van der Waals surface area contributed by atoms with E-state index in [9.17, 15) is 4.79 Å². The van der Waals surface area contributed by atoms with Gasteiger partial charge in [-0.05, 0) is 26.3 Å². The third-order valence-corrected chi connectivity index (χ3v) is 4.30. The molecule has 6 nitrogen and oxygen atoms in total. The summed E-state index contributed by atoms with van der Waals surface area (Å²) < 4.78 is 0. The summed E-state index contributed by atoms with van der Waals surface area (Å²) in [5.41, 5.74) is 2.39. The number of nitrogens with zero attached hydrogens (tertiary/aromatic N) is 4. The molecule has 24 heavy (non-hydrogen) atoms. The van der Waals surface area contributed by atoms with Gasteiger partial charge in [-0.2, -0.15) is 0 Å². The van der Waals surface area contributed by atoms with Gasteiger partial charge in [-0.15, -0.1) is 0 Å². The van der Waals surface area contributed by atoms with Crippen LogP contribution < -0.4 is 0 Å². The Morgan fingerprint density at radius 1 is 1.29 bits per heavy atom. The van der Waals surface area contributed by atoms with Gasteiger partial charge in [-0.1, -0.05) is 20.8 Å². The molecule has 0 aromatic carbocycles. The summed E-state index contributed by atoms with van der Waals surface area (Å²) in [6.45, 7) is 11.3. The van der Waals surface area contributed by atoms with E-state index in [0.29, 0.717) is 6.54 Å². The fourth-order valence-corrected chi connectivity index (χ4v) is 3.07. The predicted molar refractivity (Wildman–Crippen MR) is 92.5 cm³/mol. The highest BCUT2D eigenvalue weighted by atomic mass is 16.2. The molecule has 2 aromatic heterocycles. The first-order valence-electron chi connectivity index (χ1n) is 8.41. The second kappa shape index (κ2) is 6.00. The van der Waals surface area contributed by atoms with Crippen LogP contribution in [0.3, 0.4) is 0 Å². The van der Waals surface area contributed by atoms with Crippen molar-refractivity contribution < 1.29 is 4.79 Å². The minimum absolute atomic E-state index is 0.186. The number of hydrogen-bond donors (Lipinski definition) is 1. The molecule has 6 heteroatoms. The largest absolute Gasteiger partial charge is 0.341 e. The number of aromatic amines is 1. The van der Waals surface area contributed by atoms with E-state index in [1.807, 2.05) is 45.6 Å². The maximum Gasteiger partial charge on any atom is 0.227 e. The number of imidazole rings is 1. The number of aromatic nitrogens is 4. The van der Waals surface area contributed by atoms with E-state index in [2.05, 4.69) is 15.0 Å². The lowest BCUT2D eigenvalue weighted by atomic mass is 9.95. The summed E-state index contributed by atoms with van der Waals surface area (Å²) in [6.07, 6.45) is 2.70. The Morgan fingerprint density at radius 3 is 2.67 bits per heavy atom. The van der Waals surface area contributed by atoms with Crippen LogP contribution in [0.1, 0.15) is 50.3 Å². The van der Waals surface area contributed by atoms with Crippen molar-refractivity contribution in [1.29, 1.82) is 0 Å². The van der Waals surface area contributed by atoms with Crippen LogP contribution in [0.15, 0.2) is 12.3 Å². The van der Waals surface area contributed by atoms with Gasteiger partial charge in [0.1, 0.15) is 11.5 Å². The highest BCUT2D eigenvalue weighted by Gasteiger charge is 2.34. The molecule has 3 heterocycles. The van der Waals surface area contributed by atoms with Crippen molar-refractivity contribution in [2.45, 2.75) is 47.0 Å². The molecule has 1 atom stereocenters. The van der Waals surface area contributed by atoms with Crippen molar-refractivity contribution in [3.05, 3.63) is 29.5 Å². The molecule has 1 amide bonds. The van der Waals surface area contributed by atoms with Crippen LogP contribution in [-0.4, -0.2) is 43.8 Å². The topological polar surface area (TPSA) is 74.8 Å². The second-order valence-corrected chi connectivity index (χ2v) is 7.65. The quantitative estimate of drug-likeness (QED) is 0.920. The third-order valence-electron chi connectivity index (χ3n) is 4.30. The molecule has 2 aromatic rings. The van der Waals surface area contributed by atoms with E-state index in [4.69, 9.17) is 4.98 Å². The zero-order chi connectivity index (χ0) is 17.5. The maximum absolute atomic E-state index is 12.5. The van der Waals surface area contributed by atoms with Crippen molar-refractivity contribution in [3.8, 4) is 11.5 Å². The van der Waals surface area contributed by atoms with Crippen molar-refractivity contribution in [3.63, 3.8) is 0 Å². The number of hydrogen-bond acceptors (Lipinski definition) is 4. The van der Waals surface area contributed by atoms with Gasteiger partial charge in [-0.3, -0.25) is 4.79 Å². The van der Waals surface area contributed by atoms with Gasteiger partial charge in [0.2, 0.25) is 5.91 Å². The number of rotatable bonds is 2. The van der Waals surface area contributed by atoms with Crippen LogP contribution in [0.25, 0.3) is 11.5 Å². The molecule has 0 spiro atoms. The molecule has 1 N–H and O–H groups in total. The first kappa shape index (κ1) is 16.6. The van der Waals surface area contributed by atoms with E-state index < -0.39 is 0 Å². The summed E-state index contributed by atoms with van der Waals surface area (Å²) >= 11 is 0. The van der Waals surface area contributed by atoms with Gasteiger partial charge >= 0.3 is 0 Å². The highest BCUT2D eigenvalue weighted by Crippen LogP contribution is 2.29. The van der Waals surface area contributed by atoms with Crippen LogP contribution in [0, 0.1) is 19.3 Å². The number of nitrogens with one attached hydrogen (secondary N) is 1. The molecule has 0 bridgehead atoms. The van der Waals surface area contributed by atoms with Crippen LogP contribution in [0.5, 0.6) is 0 Å². The molecule has 1 aliphatic heterocycles. The fraction of sp³-hybridized carbons (Fsp3) is 0.556. The summed E-state index contributed by atoms with van der Waals surface area (Å²) in [7, 11) is 0. The zero-order valence-electron chi connectivity index (χ0n) is 15.1. The summed E-state index contributed by atoms with van der Waals surface area (Å²) in [5.74, 6) is 1.95. The Kier molecular flexibility index (Phi) is 4.15. The highest BCUT2D eigenvalue weighted by molar-refractivity contribution is 5.81. The number of aryl methyl sites for hydroxylation is 2. The first-order valence-corrected chi connectivity index (χ1v) is 8.41. The minimum Gasteiger partial charge on any atom is -0.341 e. The maximum atomic E-state index is 12.5. The Balaban J connectivity index is 1.83. The molecule has 1 fully saturated rings. The van der Waals surface area contributed by atoms with Gasteiger partial charge in [-0.25, -0.2) is 15.0 Å². The molecular formula is C18H25N5O. The van der Waals surface area contributed by atoms with Crippen molar-refractivity contribution in [2.24, 2.45) is 5.41 Å². The summed E-state index contributed by atoms with van der Waals surface area (Å²) in [6, 6.07) is 1.94. The van der Waals surface area contributed by atoms with Crippen LogP contribution >= 0.6 is 0 Å². The van der Waals surface area contributed by atoms with Gasteiger partial charge in [0, 0.05) is 42.0 Å². The number of H-pyrrole nitrogens is 1. The molecule has 0 aliphatic carbocycles. The number of amides is 1. The Hall–Kier alpha value is -2.24. The average Bonchev–Trinajstić information content (AvgIpc) is 3.13. The van der Waals surface area contributed by atoms with E-state index in [1.54, 1.807) is 6.20 Å². The monoisotopic (exact) mass is 327 g/mol. The first-order chi connectivity index (χ1) is 11.2. The summed E-state index contributed by atoms with van der Waals surface area (Å²) in [5, 5.41) is 0. The Bertz CT molecular complexity index is 759. The lowest BCUT2D eigenvalue weighted by molar-refractivity contribution is -0.138. The Labute approximate surface area is 142 Å². The summed E-state index contributed by atoms with van der Waals surface area (Å²) in [4.78, 5) is 31.3. The number of carbonyl (C=O) groups excluding carboxylic acids is 1. The SMILES string of the molecule is Cc1cc(-c2ncc(C)[nH]2)nc([C@H]2CCN(C(=O)C(C)(C)C)C2)n1. The molecule has 0 unspecified atom stereocenters. The van der Waals surface area contributed by atoms with E-state index in [0.717, 1.165) is 41.7 Å². The second-order valence-electron chi connectivity index (χ2n) is 7.65. The molecular weight excluding hydrogens is 302 g/mol. The van der Waals surface area contributed by atoms with Gasteiger partial charge in [0.25, 0.3) is 0 Å². The van der Waals surface area contributed by atoms with Crippen molar-refractivity contribution in [1.82, 2.24) is 24.8 Å². The lowest BCUT2D eigenvalue weighted by Gasteiger charge is -2.25. The van der Waals surface area contributed by atoms with Crippen molar-refractivity contribution >= 4 is 5.91 Å². The standard InChI is InChI=1S/C18H25N5O/c1-11-8-14(16-19-9-12(2)21-16)22-15(20-11)13-6-7-23(10-13)17(24)18(3,4)5/h8-9,13H,6-7,10H2,1-5H3,(H,19,21)/t13-/m0/s1. The van der Waals surface area contributed by atoms with Gasteiger partial charge in [0.05, 0.1) is 0 Å². The van der Waals surface area contributed by atoms with Crippen molar-refractivity contribution in [2.75, 3.05) is 13.1 Å². The molecule has 1 saturated heterocycles. The molecule has 0 saturated carbocycles. The molecule has 1 aliphatic rings. The number of carbonyl (C=O) groups is 1. The molecule has 128 valence electrons. The predicted octanol–water partition coefficient (Wildman–Crippen LogP) is 2.85. The van der Waals surface area contributed by atoms with E-state index >= 15 is 0 Å². The fourth-order valence-electron chi connectivity index (χ4n) is 3.07.